The average Bonchev–Trinajstić information content (AvgIpc) is 2.86. The molecule has 2 amide bonds. The van der Waals surface area contributed by atoms with E-state index in [0.29, 0.717) is 18.0 Å². The third kappa shape index (κ3) is 8.71. The van der Waals surface area contributed by atoms with Crippen molar-refractivity contribution in [1.29, 1.82) is 0 Å². The van der Waals surface area contributed by atoms with Crippen LogP contribution in [-0.2, 0) is 22.6 Å². The first-order chi connectivity index (χ1) is 16.8. The number of hydrogen-bond donors (Lipinski definition) is 1. The number of rotatable bonds is 11. The van der Waals surface area contributed by atoms with Gasteiger partial charge in [-0.25, -0.2) is 4.39 Å². The smallest absolute Gasteiger partial charge is 0.243 e. The lowest BCUT2D eigenvalue weighted by Crippen LogP contribution is -2.51. The summed E-state index contributed by atoms with van der Waals surface area (Å²) in [6.45, 7) is 4.77. The monoisotopic (exact) mass is 512 g/mol. The molecule has 35 heavy (non-hydrogen) atoms. The normalized spacial score (nSPS) is 11.8. The first kappa shape index (κ1) is 26.8. The van der Waals surface area contributed by atoms with E-state index in [1.807, 2.05) is 56.3 Å². The fraction of sp³-hybridized carbons (Fsp3) is 0.286. The molecule has 0 bridgehead atoms. The predicted molar refractivity (Wildman–Crippen MR) is 141 cm³/mol. The molecule has 3 aromatic rings. The van der Waals surface area contributed by atoms with Crippen LogP contribution < -0.4 is 5.32 Å². The van der Waals surface area contributed by atoms with Gasteiger partial charge in [0.1, 0.15) is 11.9 Å². The number of thioether (sulfide) groups is 1. The SMILES string of the molecule is CC(C)CNC(=O)[C@H](Cc1ccccc1)N(Cc1ccc(F)cc1)C(=O)CSc1ccc(Cl)cc1. The van der Waals surface area contributed by atoms with Crippen LogP contribution in [0.5, 0.6) is 0 Å². The van der Waals surface area contributed by atoms with Gasteiger partial charge in [0.2, 0.25) is 11.8 Å². The van der Waals surface area contributed by atoms with Gasteiger partial charge < -0.3 is 10.2 Å². The van der Waals surface area contributed by atoms with Crippen LogP contribution >= 0.6 is 23.4 Å². The molecule has 1 atom stereocenters. The van der Waals surface area contributed by atoms with Crippen molar-refractivity contribution in [2.45, 2.75) is 37.8 Å². The molecule has 0 aromatic heterocycles. The van der Waals surface area contributed by atoms with Gasteiger partial charge in [-0.15, -0.1) is 11.8 Å². The minimum atomic E-state index is -0.709. The van der Waals surface area contributed by atoms with E-state index in [0.717, 1.165) is 16.0 Å². The molecule has 0 saturated heterocycles. The Morgan fingerprint density at radius 1 is 0.943 bits per heavy atom. The maximum Gasteiger partial charge on any atom is 0.243 e. The molecule has 4 nitrogen and oxygen atoms in total. The van der Waals surface area contributed by atoms with E-state index in [1.165, 1.54) is 23.9 Å². The highest BCUT2D eigenvalue weighted by Gasteiger charge is 2.30. The molecule has 3 rings (SSSR count). The Kier molecular flexibility index (Phi) is 10.2. The predicted octanol–water partition coefficient (Wildman–Crippen LogP) is 5.98. The van der Waals surface area contributed by atoms with Gasteiger partial charge >= 0.3 is 0 Å². The van der Waals surface area contributed by atoms with Crippen molar-refractivity contribution in [3.05, 3.63) is 101 Å². The highest BCUT2D eigenvalue weighted by molar-refractivity contribution is 8.00. The number of nitrogens with one attached hydrogen (secondary N) is 1. The maximum atomic E-state index is 13.6. The van der Waals surface area contributed by atoms with Crippen molar-refractivity contribution in [2.24, 2.45) is 5.92 Å². The average molecular weight is 513 g/mol. The summed E-state index contributed by atoms with van der Waals surface area (Å²) in [4.78, 5) is 29.4. The van der Waals surface area contributed by atoms with Gasteiger partial charge in [0.15, 0.2) is 0 Å². The highest BCUT2D eigenvalue weighted by Crippen LogP contribution is 2.23. The molecular formula is C28H30ClFN2O2S. The van der Waals surface area contributed by atoms with Crippen LogP contribution in [0.3, 0.4) is 0 Å². The van der Waals surface area contributed by atoms with Crippen molar-refractivity contribution in [3.63, 3.8) is 0 Å². The van der Waals surface area contributed by atoms with E-state index in [9.17, 15) is 14.0 Å². The molecular weight excluding hydrogens is 483 g/mol. The molecule has 0 fully saturated rings. The van der Waals surface area contributed by atoms with Gasteiger partial charge in [0.05, 0.1) is 5.75 Å². The molecule has 1 N–H and O–H groups in total. The van der Waals surface area contributed by atoms with Crippen LogP contribution in [0.15, 0.2) is 83.8 Å². The molecule has 0 aliphatic rings. The van der Waals surface area contributed by atoms with Crippen molar-refractivity contribution >= 4 is 35.2 Å². The summed E-state index contributed by atoms with van der Waals surface area (Å²) < 4.78 is 13.5. The van der Waals surface area contributed by atoms with Crippen LogP contribution in [0.4, 0.5) is 4.39 Å². The third-order valence-electron chi connectivity index (χ3n) is 5.40. The van der Waals surface area contributed by atoms with Gasteiger partial charge in [0, 0.05) is 29.4 Å². The number of halogens is 2. The second kappa shape index (κ2) is 13.3. The molecule has 0 aliphatic carbocycles. The van der Waals surface area contributed by atoms with Gasteiger partial charge in [-0.3, -0.25) is 9.59 Å². The van der Waals surface area contributed by atoms with E-state index < -0.39 is 6.04 Å². The lowest BCUT2D eigenvalue weighted by molar-refractivity contribution is -0.139. The molecule has 0 spiro atoms. The standard InChI is InChI=1S/C28H30ClFN2O2S/c1-20(2)17-31-28(34)26(16-21-6-4-3-5-7-21)32(18-22-8-12-24(30)13-9-22)27(33)19-35-25-14-10-23(29)11-15-25/h3-15,20,26H,16-19H2,1-2H3,(H,31,34)/t26-/m0/s1. The van der Waals surface area contributed by atoms with Crippen molar-refractivity contribution in [2.75, 3.05) is 12.3 Å². The fourth-order valence-electron chi connectivity index (χ4n) is 3.52. The number of nitrogens with zero attached hydrogens (tertiary/aromatic N) is 1. The molecule has 7 heteroatoms. The second-order valence-electron chi connectivity index (χ2n) is 8.74. The van der Waals surface area contributed by atoms with Crippen LogP contribution in [0.2, 0.25) is 5.02 Å². The summed E-state index contributed by atoms with van der Waals surface area (Å²) in [6.07, 6.45) is 0.378. The Hall–Kier alpha value is -2.83. The summed E-state index contributed by atoms with van der Waals surface area (Å²) in [6, 6.07) is 22.3. The zero-order valence-corrected chi connectivity index (χ0v) is 21.5. The third-order valence-corrected chi connectivity index (χ3v) is 6.65. The molecule has 184 valence electrons. The van der Waals surface area contributed by atoms with Crippen LogP contribution in [0.25, 0.3) is 0 Å². The maximum absolute atomic E-state index is 13.6. The zero-order chi connectivity index (χ0) is 25.2. The van der Waals surface area contributed by atoms with E-state index in [-0.39, 0.29) is 35.8 Å². The topological polar surface area (TPSA) is 49.4 Å². The van der Waals surface area contributed by atoms with Crippen molar-refractivity contribution in [3.8, 4) is 0 Å². The number of hydrogen-bond acceptors (Lipinski definition) is 3. The first-order valence-corrected chi connectivity index (χ1v) is 12.9. The zero-order valence-electron chi connectivity index (χ0n) is 19.9. The minimum Gasteiger partial charge on any atom is -0.354 e. The molecule has 0 unspecified atom stereocenters. The van der Waals surface area contributed by atoms with Gasteiger partial charge in [-0.2, -0.15) is 0 Å². The largest absolute Gasteiger partial charge is 0.354 e. The second-order valence-corrected chi connectivity index (χ2v) is 10.2. The summed E-state index contributed by atoms with van der Waals surface area (Å²) in [5, 5.41) is 3.63. The number of benzene rings is 3. The summed E-state index contributed by atoms with van der Waals surface area (Å²) >= 11 is 7.37. The summed E-state index contributed by atoms with van der Waals surface area (Å²) in [7, 11) is 0. The molecule has 0 aliphatic heterocycles. The Labute approximate surface area is 215 Å². The molecule has 0 radical (unpaired) electrons. The summed E-state index contributed by atoms with van der Waals surface area (Å²) in [5.41, 5.74) is 1.71. The summed E-state index contributed by atoms with van der Waals surface area (Å²) in [5.74, 6) is -0.283. The van der Waals surface area contributed by atoms with Crippen LogP contribution in [0.1, 0.15) is 25.0 Å². The Bertz CT molecular complexity index is 1090. The molecule has 0 saturated carbocycles. The fourth-order valence-corrected chi connectivity index (χ4v) is 4.43. The minimum absolute atomic E-state index is 0.158. The van der Waals surface area contributed by atoms with Crippen molar-refractivity contribution in [1.82, 2.24) is 10.2 Å². The Morgan fingerprint density at radius 2 is 1.60 bits per heavy atom. The Balaban J connectivity index is 1.88. The van der Waals surface area contributed by atoms with Gasteiger partial charge in [-0.1, -0.05) is 67.9 Å². The van der Waals surface area contributed by atoms with Crippen LogP contribution in [-0.4, -0.2) is 35.1 Å². The highest BCUT2D eigenvalue weighted by atomic mass is 35.5. The number of carbonyl (C=O) groups excluding carboxylic acids is 2. The quantitative estimate of drug-likeness (QED) is 0.321. The van der Waals surface area contributed by atoms with Gasteiger partial charge in [-0.05, 0) is 53.4 Å². The van der Waals surface area contributed by atoms with E-state index >= 15 is 0 Å². The van der Waals surface area contributed by atoms with Crippen molar-refractivity contribution < 1.29 is 14.0 Å². The van der Waals surface area contributed by atoms with E-state index in [4.69, 9.17) is 11.6 Å². The number of carbonyl (C=O) groups is 2. The van der Waals surface area contributed by atoms with E-state index in [1.54, 1.807) is 29.2 Å². The number of amides is 2. The van der Waals surface area contributed by atoms with E-state index in [2.05, 4.69) is 5.32 Å². The van der Waals surface area contributed by atoms with Gasteiger partial charge in [0.25, 0.3) is 0 Å². The lowest BCUT2D eigenvalue weighted by Gasteiger charge is -2.31. The molecule has 3 aromatic carbocycles. The Morgan fingerprint density at radius 3 is 2.23 bits per heavy atom. The molecule has 0 heterocycles. The lowest BCUT2D eigenvalue weighted by atomic mass is 10.0. The van der Waals surface area contributed by atoms with Crippen LogP contribution in [0, 0.1) is 11.7 Å². The first-order valence-electron chi connectivity index (χ1n) is 11.6.